The molecule has 3 heterocycles. The number of nitrogens with zero attached hydrogens (tertiary/aromatic N) is 1. The van der Waals surface area contributed by atoms with Crippen LogP contribution in [0.3, 0.4) is 0 Å². The zero-order valence-corrected chi connectivity index (χ0v) is 18.4. The fraction of sp³-hybridized carbons (Fsp3) is 0.625. The number of hydrogen-bond donors (Lipinski definition) is 3. The Morgan fingerprint density at radius 2 is 1.74 bits per heavy atom. The molecule has 166 valence electrons. The zero-order chi connectivity index (χ0) is 22.1. The minimum Gasteiger partial charge on any atom is -0.392 e. The third-order valence-electron chi connectivity index (χ3n) is 7.84. The summed E-state index contributed by atoms with van der Waals surface area (Å²) in [7, 11) is 0. The summed E-state index contributed by atoms with van der Waals surface area (Å²) in [5.74, 6) is -2.39. The second-order valence-corrected chi connectivity index (χ2v) is 9.87. The smallest absolute Gasteiger partial charge is 0.250 e. The minimum atomic E-state index is -1.33. The molecule has 5 rings (SSSR count). The van der Waals surface area contributed by atoms with Crippen LogP contribution in [-0.4, -0.2) is 45.9 Å². The predicted molar refractivity (Wildman–Crippen MR) is 115 cm³/mol. The second-order valence-electron chi connectivity index (χ2n) is 9.87. The van der Waals surface area contributed by atoms with Crippen LogP contribution in [0, 0.1) is 25.7 Å². The summed E-state index contributed by atoms with van der Waals surface area (Å²) in [6.45, 7) is 5.51. The number of imide groups is 1. The standard InChI is InChI=1S/C24H31N3O4/c1-12-10-13(2)19-16(11-12)24(23(31)25-19)18-17(20(26-24)14(3)28)21(29)27(22(18)30)15-8-6-4-5-7-9-15/h10-11,14-15,17-18,20,26,28H,4-9H2,1-3H3,(H,25,31)/t14?,17-,18-,20?,24?/m0/s1. The van der Waals surface area contributed by atoms with Crippen LogP contribution in [0.1, 0.15) is 62.1 Å². The summed E-state index contributed by atoms with van der Waals surface area (Å²) >= 11 is 0. The van der Waals surface area contributed by atoms with Gasteiger partial charge in [0.1, 0.15) is 5.54 Å². The van der Waals surface area contributed by atoms with Gasteiger partial charge in [0.25, 0.3) is 0 Å². The highest BCUT2D eigenvalue weighted by atomic mass is 16.3. The van der Waals surface area contributed by atoms with Gasteiger partial charge in [-0.3, -0.25) is 24.6 Å². The van der Waals surface area contributed by atoms with Gasteiger partial charge in [-0.25, -0.2) is 0 Å². The Balaban J connectivity index is 1.65. The lowest BCUT2D eigenvalue weighted by Crippen LogP contribution is -2.55. The fourth-order valence-corrected chi connectivity index (χ4v) is 6.50. The van der Waals surface area contributed by atoms with Crippen molar-refractivity contribution in [3.63, 3.8) is 0 Å². The number of aryl methyl sites for hydroxylation is 2. The van der Waals surface area contributed by atoms with Crippen LogP contribution in [0.25, 0.3) is 0 Å². The van der Waals surface area contributed by atoms with Crippen LogP contribution in [0.4, 0.5) is 5.69 Å². The van der Waals surface area contributed by atoms with Crippen molar-refractivity contribution in [2.45, 2.75) is 83.0 Å². The first-order chi connectivity index (χ1) is 14.8. The number of aliphatic hydroxyl groups is 1. The molecule has 31 heavy (non-hydrogen) atoms. The molecule has 3 unspecified atom stereocenters. The molecule has 0 aromatic heterocycles. The van der Waals surface area contributed by atoms with Crippen molar-refractivity contribution in [2.75, 3.05) is 5.32 Å². The van der Waals surface area contributed by atoms with Gasteiger partial charge in [-0.15, -0.1) is 0 Å². The van der Waals surface area contributed by atoms with Crippen LogP contribution in [0.2, 0.25) is 0 Å². The van der Waals surface area contributed by atoms with Crippen molar-refractivity contribution in [3.8, 4) is 0 Å². The topological polar surface area (TPSA) is 98.7 Å². The average Bonchev–Trinajstić information content (AvgIpc) is 3.18. The molecule has 1 aromatic carbocycles. The van der Waals surface area contributed by atoms with Gasteiger partial charge in [-0.05, 0) is 39.2 Å². The minimum absolute atomic E-state index is 0.108. The molecular weight excluding hydrogens is 394 g/mol. The Morgan fingerprint density at radius 1 is 1.06 bits per heavy atom. The maximum Gasteiger partial charge on any atom is 0.250 e. The van der Waals surface area contributed by atoms with E-state index in [4.69, 9.17) is 0 Å². The van der Waals surface area contributed by atoms with Crippen molar-refractivity contribution >= 4 is 23.4 Å². The second kappa shape index (κ2) is 7.14. The SMILES string of the molecule is Cc1cc(C)c2c(c1)C1(NC(C(C)O)[C@H]3C(=O)N(C4CCCCCC4)C(=O)[C@H]31)C(=O)N2. The number of amides is 3. The number of hydrogen-bond acceptors (Lipinski definition) is 5. The number of nitrogens with one attached hydrogen (secondary N) is 2. The van der Waals surface area contributed by atoms with Gasteiger partial charge < -0.3 is 10.4 Å². The van der Waals surface area contributed by atoms with Crippen LogP contribution in [0.5, 0.6) is 0 Å². The fourth-order valence-electron chi connectivity index (χ4n) is 6.50. The maximum atomic E-state index is 13.9. The first kappa shape index (κ1) is 20.6. The van der Waals surface area contributed by atoms with Gasteiger partial charge in [-0.1, -0.05) is 43.4 Å². The molecule has 3 fully saturated rings. The molecule has 4 aliphatic rings. The number of anilines is 1. The van der Waals surface area contributed by atoms with E-state index in [1.54, 1.807) is 6.92 Å². The highest BCUT2D eigenvalue weighted by Gasteiger charge is 2.71. The predicted octanol–water partition coefficient (Wildman–Crippen LogP) is 2.13. The van der Waals surface area contributed by atoms with E-state index in [9.17, 15) is 19.5 Å². The molecular formula is C24H31N3O4. The first-order valence-corrected chi connectivity index (χ1v) is 11.5. The number of carbonyl (C=O) groups is 3. The summed E-state index contributed by atoms with van der Waals surface area (Å²) in [6.07, 6.45) is 5.01. The van der Waals surface area contributed by atoms with Crippen LogP contribution >= 0.6 is 0 Å². The zero-order valence-electron chi connectivity index (χ0n) is 18.4. The number of aliphatic hydroxyl groups excluding tert-OH is 1. The lowest BCUT2D eigenvalue weighted by Gasteiger charge is -2.32. The summed E-state index contributed by atoms with van der Waals surface area (Å²) < 4.78 is 0. The first-order valence-electron chi connectivity index (χ1n) is 11.5. The highest BCUT2D eigenvalue weighted by Crippen LogP contribution is 2.54. The molecule has 2 saturated heterocycles. The molecule has 3 amide bonds. The molecule has 5 atom stereocenters. The summed E-state index contributed by atoms with van der Waals surface area (Å²) in [4.78, 5) is 42.5. The summed E-state index contributed by atoms with van der Waals surface area (Å²) in [5.41, 5.74) is 2.02. The number of rotatable bonds is 2. The third kappa shape index (κ3) is 2.75. The molecule has 1 spiro atoms. The van der Waals surface area contributed by atoms with Gasteiger partial charge in [0.2, 0.25) is 17.7 Å². The van der Waals surface area contributed by atoms with Gasteiger partial charge in [0.15, 0.2) is 0 Å². The molecule has 0 radical (unpaired) electrons. The number of likely N-dealkylation sites (tertiary alicyclic amines) is 1. The lowest BCUT2D eigenvalue weighted by molar-refractivity contribution is -0.146. The Kier molecular flexibility index (Phi) is 4.75. The number of benzene rings is 1. The number of carbonyl (C=O) groups excluding carboxylic acids is 3. The quantitative estimate of drug-likeness (QED) is 0.498. The Hall–Kier alpha value is -2.25. The van der Waals surface area contributed by atoms with E-state index in [1.165, 1.54) is 4.90 Å². The van der Waals surface area contributed by atoms with Gasteiger partial charge >= 0.3 is 0 Å². The van der Waals surface area contributed by atoms with Crippen LogP contribution < -0.4 is 10.6 Å². The van der Waals surface area contributed by atoms with Gasteiger partial charge in [0.05, 0.1) is 17.9 Å². The van der Waals surface area contributed by atoms with E-state index < -0.39 is 29.5 Å². The van der Waals surface area contributed by atoms with Crippen molar-refractivity contribution in [3.05, 3.63) is 28.8 Å². The maximum absolute atomic E-state index is 13.9. The summed E-state index contributed by atoms with van der Waals surface area (Å²) in [6, 6.07) is 3.16. The molecule has 1 saturated carbocycles. The normalized spacial score (nSPS) is 34.1. The molecule has 7 heteroatoms. The van der Waals surface area contributed by atoms with E-state index in [0.29, 0.717) is 5.69 Å². The largest absolute Gasteiger partial charge is 0.392 e. The summed E-state index contributed by atoms with van der Waals surface area (Å²) in [5, 5.41) is 16.8. The van der Waals surface area contributed by atoms with Gasteiger partial charge in [0, 0.05) is 23.3 Å². The van der Waals surface area contributed by atoms with Gasteiger partial charge in [-0.2, -0.15) is 0 Å². The Morgan fingerprint density at radius 3 is 2.39 bits per heavy atom. The molecule has 3 aliphatic heterocycles. The molecule has 1 aliphatic carbocycles. The molecule has 7 nitrogen and oxygen atoms in total. The lowest BCUT2D eigenvalue weighted by atomic mass is 9.75. The molecule has 1 aromatic rings. The average molecular weight is 426 g/mol. The van der Waals surface area contributed by atoms with Crippen molar-refractivity contribution in [2.24, 2.45) is 11.8 Å². The Labute approximate surface area is 182 Å². The van der Waals surface area contributed by atoms with Crippen molar-refractivity contribution < 1.29 is 19.5 Å². The monoisotopic (exact) mass is 425 g/mol. The van der Waals surface area contributed by atoms with Crippen molar-refractivity contribution in [1.29, 1.82) is 0 Å². The van der Waals surface area contributed by atoms with E-state index in [1.807, 2.05) is 26.0 Å². The van der Waals surface area contributed by atoms with E-state index >= 15 is 0 Å². The molecule has 0 bridgehead atoms. The van der Waals surface area contributed by atoms with E-state index in [2.05, 4.69) is 10.6 Å². The molecule has 3 N–H and O–H groups in total. The van der Waals surface area contributed by atoms with Crippen LogP contribution in [0.15, 0.2) is 12.1 Å². The number of fused-ring (bicyclic) bond motifs is 4. The van der Waals surface area contributed by atoms with Crippen LogP contribution in [-0.2, 0) is 19.9 Å². The third-order valence-corrected chi connectivity index (χ3v) is 7.84. The highest BCUT2D eigenvalue weighted by molar-refractivity contribution is 6.15. The van der Waals surface area contributed by atoms with Crippen molar-refractivity contribution in [1.82, 2.24) is 10.2 Å². The van der Waals surface area contributed by atoms with E-state index in [0.717, 1.165) is 55.2 Å². The van der Waals surface area contributed by atoms with E-state index in [-0.39, 0.29) is 23.8 Å². The Bertz CT molecular complexity index is 966.